The molecule has 0 bridgehead atoms. The van der Waals surface area contributed by atoms with Crippen molar-refractivity contribution in [3.05, 3.63) is 53.1 Å². The average Bonchev–Trinajstić information content (AvgIpc) is 2.38. The van der Waals surface area contributed by atoms with Crippen LogP contribution in [0.2, 0.25) is 0 Å². The van der Waals surface area contributed by atoms with Crippen molar-refractivity contribution in [2.24, 2.45) is 0 Å². The number of para-hydroxylation sites is 1. The van der Waals surface area contributed by atoms with Crippen LogP contribution in [0.4, 0.5) is 0 Å². The van der Waals surface area contributed by atoms with Crippen molar-refractivity contribution in [2.75, 3.05) is 7.11 Å². The summed E-state index contributed by atoms with van der Waals surface area (Å²) < 4.78 is 11.3. The first kappa shape index (κ1) is 12.5. The fourth-order valence-corrected chi connectivity index (χ4v) is 1.89. The molecule has 0 aliphatic rings. The smallest absolute Gasteiger partial charge is 0.130 e. The van der Waals surface area contributed by atoms with Crippen LogP contribution < -0.4 is 9.47 Å². The Balaban J connectivity index is 2.36. The van der Waals surface area contributed by atoms with E-state index in [0.717, 1.165) is 33.9 Å². The Bertz CT molecular complexity index is 559. The third-order valence-corrected chi connectivity index (χ3v) is 3.22. The van der Waals surface area contributed by atoms with Crippen LogP contribution in [0, 0.1) is 20.8 Å². The number of ether oxygens (including phenoxy) is 2. The molecule has 2 heteroatoms. The largest absolute Gasteiger partial charge is 0.496 e. The van der Waals surface area contributed by atoms with Gasteiger partial charge >= 0.3 is 0 Å². The number of benzene rings is 2. The summed E-state index contributed by atoms with van der Waals surface area (Å²) in [6, 6.07) is 11.9. The third-order valence-electron chi connectivity index (χ3n) is 3.22. The summed E-state index contributed by atoms with van der Waals surface area (Å²) in [4.78, 5) is 0. The monoisotopic (exact) mass is 242 g/mol. The van der Waals surface area contributed by atoms with E-state index in [-0.39, 0.29) is 0 Å². The molecule has 2 aromatic rings. The van der Waals surface area contributed by atoms with Gasteiger partial charge in [0, 0.05) is 0 Å². The predicted molar refractivity (Wildman–Crippen MR) is 73.7 cm³/mol. The van der Waals surface area contributed by atoms with Gasteiger partial charge < -0.3 is 9.47 Å². The summed E-state index contributed by atoms with van der Waals surface area (Å²) in [6.07, 6.45) is 0. The maximum atomic E-state index is 5.96. The summed E-state index contributed by atoms with van der Waals surface area (Å²) in [5.41, 5.74) is 3.35. The average molecular weight is 242 g/mol. The van der Waals surface area contributed by atoms with Crippen molar-refractivity contribution in [2.45, 2.75) is 20.8 Å². The van der Waals surface area contributed by atoms with E-state index in [1.807, 2.05) is 57.2 Å². The molecule has 0 aromatic heterocycles. The second kappa shape index (κ2) is 5.13. The van der Waals surface area contributed by atoms with E-state index in [4.69, 9.17) is 9.47 Å². The van der Waals surface area contributed by atoms with Crippen molar-refractivity contribution in [3.8, 4) is 17.2 Å². The molecule has 0 fully saturated rings. The molecule has 2 nitrogen and oxygen atoms in total. The highest BCUT2D eigenvalue weighted by Gasteiger charge is 2.09. The highest BCUT2D eigenvalue weighted by Crippen LogP contribution is 2.32. The quantitative estimate of drug-likeness (QED) is 0.793. The van der Waals surface area contributed by atoms with Crippen LogP contribution in [-0.2, 0) is 0 Å². The van der Waals surface area contributed by atoms with Crippen LogP contribution in [0.25, 0.3) is 0 Å². The van der Waals surface area contributed by atoms with E-state index in [9.17, 15) is 0 Å². The molecule has 94 valence electrons. The van der Waals surface area contributed by atoms with E-state index in [2.05, 4.69) is 0 Å². The minimum atomic E-state index is 0.877. The van der Waals surface area contributed by atoms with Crippen molar-refractivity contribution < 1.29 is 9.47 Å². The van der Waals surface area contributed by atoms with Crippen LogP contribution >= 0.6 is 0 Å². The molecular formula is C16H18O2. The molecule has 0 amide bonds. The maximum Gasteiger partial charge on any atom is 0.130 e. The van der Waals surface area contributed by atoms with E-state index < -0.39 is 0 Å². The van der Waals surface area contributed by atoms with Crippen LogP contribution in [0.5, 0.6) is 17.2 Å². The van der Waals surface area contributed by atoms with Gasteiger partial charge in [0.2, 0.25) is 0 Å². The molecule has 2 aromatic carbocycles. The third kappa shape index (κ3) is 2.33. The Labute approximate surface area is 108 Å². The SMILES string of the molecule is COc1ccc(Oc2ccccc2C)c(C)c1C. The van der Waals surface area contributed by atoms with E-state index in [0.29, 0.717) is 0 Å². The lowest BCUT2D eigenvalue weighted by molar-refractivity contribution is 0.408. The Morgan fingerprint density at radius 3 is 2.00 bits per heavy atom. The topological polar surface area (TPSA) is 18.5 Å². The minimum Gasteiger partial charge on any atom is -0.496 e. The second-order valence-electron chi connectivity index (χ2n) is 4.38. The van der Waals surface area contributed by atoms with Gasteiger partial charge in [-0.05, 0) is 55.7 Å². The van der Waals surface area contributed by atoms with Crippen LogP contribution in [-0.4, -0.2) is 7.11 Å². The van der Waals surface area contributed by atoms with Crippen molar-refractivity contribution in [1.82, 2.24) is 0 Å². The normalized spacial score (nSPS) is 10.2. The number of hydrogen-bond acceptors (Lipinski definition) is 2. The second-order valence-corrected chi connectivity index (χ2v) is 4.38. The molecule has 0 atom stereocenters. The zero-order valence-electron chi connectivity index (χ0n) is 11.3. The van der Waals surface area contributed by atoms with Gasteiger partial charge in [0.05, 0.1) is 7.11 Å². The van der Waals surface area contributed by atoms with Gasteiger partial charge in [0.1, 0.15) is 17.2 Å². The molecule has 0 spiro atoms. The molecule has 18 heavy (non-hydrogen) atoms. The summed E-state index contributed by atoms with van der Waals surface area (Å²) in [5.74, 6) is 2.66. The van der Waals surface area contributed by atoms with Crippen molar-refractivity contribution >= 4 is 0 Å². The molecule has 0 heterocycles. The van der Waals surface area contributed by atoms with Gasteiger partial charge in [-0.1, -0.05) is 18.2 Å². The summed E-state index contributed by atoms with van der Waals surface area (Å²) >= 11 is 0. The van der Waals surface area contributed by atoms with Crippen molar-refractivity contribution in [3.63, 3.8) is 0 Å². The minimum absolute atomic E-state index is 0.877. The zero-order valence-corrected chi connectivity index (χ0v) is 11.3. The fourth-order valence-electron chi connectivity index (χ4n) is 1.89. The van der Waals surface area contributed by atoms with Crippen LogP contribution in [0.1, 0.15) is 16.7 Å². The van der Waals surface area contributed by atoms with E-state index in [1.165, 1.54) is 0 Å². The first-order valence-corrected chi connectivity index (χ1v) is 6.01. The lowest BCUT2D eigenvalue weighted by atomic mass is 10.1. The Morgan fingerprint density at radius 2 is 1.33 bits per heavy atom. The molecule has 0 saturated heterocycles. The van der Waals surface area contributed by atoms with Gasteiger partial charge in [0.15, 0.2) is 0 Å². The van der Waals surface area contributed by atoms with Crippen LogP contribution in [0.15, 0.2) is 36.4 Å². The molecule has 0 N–H and O–H groups in total. The standard InChI is InChI=1S/C16H18O2/c1-11-7-5-6-8-14(11)18-16-10-9-15(17-4)12(2)13(16)3/h5-10H,1-4H3. The summed E-state index contributed by atoms with van der Waals surface area (Å²) in [5, 5.41) is 0. The summed E-state index contributed by atoms with van der Waals surface area (Å²) in [7, 11) is 1.68. The summed E-state index contributed by atoms with van der Waals surface area (Å²) in [6.45, 7) is 6.13. The Hall–Kier alpha value is -1.96. The first-order valence-electron chi connectivity index (χ1n) is 6.01. The number of hydrogen-bond donors (Lipinski definition) is 0. The molecule has 0 unspecified atom stereocenters. The van der Waals surface area contributed by atoms with E-state index >= 15 is 0 Å². The van der Waals surface area contributed by atoms with Gasteiger partial charge in [-0.25, -0.2) is 0 Å². The number of rotatable bonds is 3. The highest BCUT2D eigenvalue weighted by atomic mass is 16.5. The van der Waals surface area contributed by atoms with Crippen molar-refractivity contribution in [1.29, 1.82) is 0 Å². The van der Waals surface area contributed by atoms with Gasteiger partial charge in [-0.2, -0.15) is 0 Å². The number of aryl methyl sites for hydroxylation is 1. The molecule has 0 aliphatic carbocycles. The molecule has 0 radical (unpaired) electrons. The lowest BCUT2D eigenvalue weighted by Crippen LogP contribution is -1.94. The van der Waals surface area contributed by atoms with E-state index in [1.54, 1.807) is 7.11 Å². The van der Waals surface area contributed by atoms with Crippen LogP contribution in [0.3, 0.4) is 0 Å². The molecular weight excluding hydrogens is 224 g/mol. The maximum absolute atomic E-state index is 5.96. The molecule has 2 rings (SSSR count). The molecule has 0 aliphatic heterocycles. The Morgan fingerprint density at radius 1 is 0.722 bits per heavy atom. The fraction of sp³-hybridized carbons (Fsp3) is 0.250. The lowest BCUT2D eigenvalue weighted by Gasteiger charge is -2.14. The van der Waals surface area contributed by atoms with Gasteiger partial charge in [-0.15, -0.1) is 0 Å². The first-order chi connectivity index (χ1) is 8.63. The van der Waals surface area contributed by atoms with Gasteiger partial charge in [0.25, 0.3) is 0 Å². The molecule has 0 saturated carbocycles. The van der Waals surface area contributed by atoms with Gasteiger partial charge in [-0.3, -0.25) is 0 Å². The zero-order chi connectivity index (χ0) is 13.1. The predicted octanol–water partition coefficient (Wildman–Crippen LogP) is 4.41. The number of methoxy groups -OCH3 is 1. The highest BCUT2D eigenvalue weighted by molar-refractivity contribution is 5.49. The Kier molecular flexibility index (Phi) is 3.56.